The molecule has 0 spiro atoms. The number of hydrogen-bond acceptors (Lipinski definition) is 7. The summed E-state index contributed by atoms with van der Waals surface area (Å²) in [6.07, 6.45) is 0.798. The standard InChI is InChI=1S/C11H15N3O3S/c1-16-5-3-4-14-10-7(6-12)8(13)9(18-10)11(15)17-2/h14H,3-5,13H2,1-2H3. The molecule has 0 aliphatic carbocycles. The summed E-state index contributed by atoms with van der Waals surface area (Å²) >= 11 is 1.13. The fourth-order valence-electron chi connectivity index (χ4n) is 1.34. The molecule has 0 amide bonds. The van der Waals surface area contributed by atoms with Crippen LogP contribution in [0.2, 0.25) is 0 Å². The molecule has 18 heavy (non-hydrogen) atoms. The van der Waals surface area contributed by atoms with Crippen molar-refractivity contribution in [2.75, 3.05) is 38.4 Å². The van der Waals surface area contributed by atoms with E-state index in [1.165, 1.54) is 7.11 Å². The molecule has 1 rings (SSSR count). The van der Waals surface area contributed by atoms with Crippen LogP contribution in [0.15, 0.2) is 0 Å². The Labute approximate surface area is 109 Å². The number of esters is 1. The summed E-state index contributed by atoms with van der Waals surface area (Å²) in [5.41, 5.74) is 6.20. The molecule has 0 aliphatic heterocycles. The Morgan fingerprint density at radius 1 is 1.56 bits per heavy atom. The van der Waals surface area contributed by atoms with Crippen LogP contribution in [-0.4, -0.2) is 33.3 Å². The van der Waals surface area contributed by atoms with Crippen molar-refractivity contribution < 1.29 is 14.3 Å². The smallest absolute Gasteiger partial charge is 0.350 e. The Hall–Kier alpha value is -1.78. The zero-order valence-electron chi connectivity index (χ0n) is 10.3. The number of nitriles is 1. The number of rotatable bonds is 6. The number of hydrogen-bond donors (Lipinski definition) is 2. The zero-order valence-corrected chi connectivity index (χ0v) is 11.1. The van der Waals surface area contributed by atoms with Crippen LogP contribution >= 0.6 is 11.3 Å². The summed E-state index contributed by atoms with van der Waals surface area (Å²) in [6, 6.07) is 1.99. The first kappa shape index (κ1) is 14.3. The number of anilines is 2. The molecule has 6 nitrogen and oxygen atoms in total. The first-order valence-corrected chi connectivity index (χ1v) is 6.10. The summed E-state index contributed by atoms with van der Waals surface area (Å²) in [4.78, 5) is 11.7. The van der Waals surface area contributed by atoms with Crippen LogP contribution in [0.5, 0.6) is 0 Å². The van der Waals surface area contributed by atoms with Gasteiger partial charge in [-0.2, -0.15) is 5.26 Å². The van der Waals surface area contributed by atoms with Crippen molar-refractivity contribution in [3.63, 3.8) is 0 Å². The van der Waals surface area contributed by atoms with Crippen LogP contribution < -0.4 is 11.1 Å². The van der Waals surface area contributed by atoms with Crippen LogP contribution in [-0.2, 0) is 9.47 Å². The highest BCUT2D eigenvalue weighted by molar-refractivity contribution is 7.18. The van der Waals surface area contributed by atoms with Crippen LogP contribution in [0.3, 0.4) is 0 Å². The number of methoxy groups -OCH3 is 2. The fraction of sp³-hybridized carbons (Fsp3) is 0.455. The highest BCUT2D eigenvalue weighted by Crippen LogP contribution is 2.35. The van der Waals surface area contributed by atoms with Gasteiger partial charge in [0.1, 0.15) is 21.5 Å². The highest BCUT2D eigenvalue weighted by atomic mass is 32.1. The van der Waals surface area contributed by atoms with Crippen LogP contribution in [0.1, 0.15) is 21.7 Å². The molecular formula is C11H15N3O3S. The first-order chi connectivity index (χ1) is 8.65. The Bertz CT molecular complexity index is 465. The molecule has 1 heterocycles. The molecule has 0 atom stereocenters. The molecule has 0 saturated carbocycles. The van der Waals surface area contributed by atoms with Gasteiger partial charge in [0.2, 0.25) is 0 Å². The van der Waals surface area contributed by atoms with Gasteiger partial charge in [0.25, 0.3) is 0 Å². The maximum Gasteiger partial charge on any atom is 0.350 e. The molecule has 0 saturated heterocycles. The molecule has 0 unspecified atom stereocenters. The molecule has 98 valence electrons. The van der Waals surface area contributed by atoms with E-state index in [1.807, 2.05) is 6.07 Å². The van der Waals surface area contributed by atoms with Crippen molar-refractivity contribution in [2.24, 2.45) is 0 Å². The average molecular weight is 269 g/mol. The van der Waals surface area contributed by atoms with Gasteiger partial charge < -0.3 is 20.5 Å². The Kier molecular flexibility index (Phi) is 5.42. The normalized spacial score (nSPS) is 9.83. The summed E-state index contributed by atoms with van der Waals surface area (Å²) in [6.45, 7) is 1.27. The minimum Gasteiger partial charge on any atom is -0.465 e. The molecule has 3 N–H and O–H groups in total. The van der Waals surface area contributed by atoms with Crippen molar-refractivity contribution in [3.05, 3.63) is 10.4 Å². The number of carbonyl (C=O) groups is 1. The molecule has 0 fully saturated rings. The monoisotopic (exact) mass is 269 g/mol. The van der Waals surface area contributed by atoms with E-state index in [-0.39, 0.29) is 16.1 Å². The average Bonchev–Trinajstić information content (AvgIpc) is 2.70. The van der Waals surface area contributed by atoms with E-state index in [2.05, 4.69) is 10.1 Å². The van der Waals surface area contributed by atoms with Gasteiger partial charge in [0.05, 0.1) is 12.8 Å². The molecule has 0 bridgehead atoms. The summed E-state index contributed by atoms with van der Waals surface area (Å²) in [5, 5.41) is 12.7. The molecule has 0 radical (unpaired) electrons. The minimum absolute atomic E-state index is 0.170. The van der Waals surface area contributed by atoms with Gasteiger partial charge in [-0.25, -0.2) is 4.79 Å². The van der Waals surface area contributed by atoms with Gasteiger partial charge in [0.15, 0.2) is 0 Å². The predicted octanol–water partition coefficient (Wildman–Crippen LogP) is 1.44. The zero-order chi connectivity index (χ0) is 13.5. The number of ether oxygens (including phenoxy) is 2. The number of nitrogens with two attached hydrogens (primary N) is 1. The number of carbonyl (C=O) groups excluding carboxylic acids is 1. The van der Waals surface area contributed by atoms with Crippen LogP contribution in [0, 0.1) is 11.3 Å². The quantitative estimate of drug-likeness (QED) is 0.599. The van der Waals surface area contributed by atoms with E-state index in [9.17, 15) is 4.79 Å². The second kappa shape index (κ2) is 6.83. The summed E-state index contributed by atoms with van der Waals surface area (Å²) in [5.74, 6) is -0.529. The Morgan fingerprint density at radius 2 is 2.28 bits per heavy atom. The maximum absolute atomic E-state index is 11.4. The lowest BCUT2D eigenvalue weighted by molar-refractivity contribution is 0.0607. The maximum atomic E-state index is 11.4. The van der Waals surface area contributed by atoms with Gasteiger partial charge >= 0.3 is 5.97 Å². The van der Waals surface area contributed by atoms with Crippen molar-refractivity contribution in [2.45, 2.75) is 6.42 Å². The van der Waals surface area contributed by atoms with E-state index in [0.717, 1.165) is 17.8 Å². The van der Waals surface area contributed by atoms with Gasteiger partial charge in [-0.3, -0.25) is 0 Å². The summed E-state index contributed by atoms with van der Waals surface area (Å²) in [7, 11) is 2.90. The van der Waals surface area contributed by atoms with E-state index < -0.39 is 5.97 Å². The lowest BCUT2D eigenvalue weighted by atomic mass is 10.2. The Morgan fingerprint density at radius 3 is 2.83 bits per heavy atom. The second-order valence-electron chi connectivity index (χ2n) is 3.43. The third kappa shape index (κ3) is 3.12. The molecular weight excluding hydrogens is 254 g/mol. The third-order valence-corrected chi connectivity index (χ3v) is 3.38. The number of thiophene rings is 1. The summed E-state index contributed by atoms with van der Waals surface area (Å²) < 4.78 is 9.53. The van der Waals surface area contributed by atoms with Crippen LogP contribution in [0.4, 0.5) is 10.7 Å². The molecule has 0 aliphatic rings. The first-order valence-electron chi connectivity index (χ1n) is 5.29. The molecule has 0 aromatic carbocycles. The predicted molar refractivity (Wildman–Crippen MR) is 69.8 cm³/mol. The highest BCUT2D eigenvalue weighted by Gasteiger charge is 2.21. The third-order valence-electron chi connectivity index (χ3n) is 2.24. The molecule has 1 aromatic rings. The van der Waals surface area contributed by atoms with Gasteiger partial charge in [-0.1, -0.05) is 0 Å². The van der Waals surface area contributed by atoms with E-state index >= 15 is 0 Å². The largest absolute Gasteiger partial charge is 0.465 e. The van der Waals surface area contributed by atoms with Crippen molar-refractivity contribution >= 4 is 28.0 Å². The fourth-order valence-corrected chi connectivity index (χ4v) is 2.36. The van der Waals surface area contributed by atoms with E-state index in [4.69, 9.17) is 15.7 Å². The second-order valence-corrected chi connectivity index (χ2v) is 4.45. The SMILES string of the molecule is COCCCNc1sc(C(=O)OC)c(N)c1C#N. The van der Waals surface area contributed by atoms with E-state index in [1.54, 1.807) is 7.11 Å². The van der Waals surface area contributed by atoms with Crippen molar-refractivity contribution in [1.82, 2.24) is 0 Å². The van der Waals surface area contributed by atoms with Gasteiger partial charge in [0, 0.05) is 20.3 Å². The lowest BCUT2D eigenvalue weighted by Crippen LogP contribution is -2.04. The van der Waals surface area contributed by atoms with Crippen molar-refractivity contribution in [3.8, 4) is 6.07 Å². The van der Waals surface area contributed by atoms with Crippen molar-refractivity contribution in [1.29, 1.82) is 5.26 Å². The Balaban J connectivity index is 2.85. The molecule has 1 aromatic heterocycles. The van der Waals surface area contributed by atoms with Crippen LogP contribution in [0.25, 0.3) is 0 Å². The number of nitrogen functional groups attached to an aromatic ring is 1. The number of nitrogens with zero attached hydrogens (tertiary/aromatic N) is 1. The van der Waals surface area contributed by atoms with E-state index in [0.29, 0.717) is 18.2 Å². The lowest BCUT2D eigenvalue weighted by Gasteiger charge is -2.03. The molecule has 7 heteroatoms. The minimum atomic E-state index is -0.529. The van der Waals surface area contributed by atoms with Gasteiger partial charge in [-0.15, -0.1) is 11.3 Å². The number of nitrogens with one attached hydrogen (secondary N) is 1. The van der Waals surface area contributed by atoms with Gasteiger partial charge in [-0.05, 0) is 6.42 Å². The topological polar surface area (TPSA) is 97.4 Å².